The van der Waals surface area contributed by atoms with Crippen molar-refractivity contribution in [3.63, 3.8) is 0 Å². The van der Waals surface area contributed by atoms with E-state index < -0.39 is 18.0 Å². The fourth-order valence-corrected chi connectivity index (χ4v) is 4.50. The SMILES string of the molecule is C[C@@H](O)C1C(=O)N2C(C(=O)O)=C(c3csc(C(=S)N(C)C)c3)CC12. The predicted molar refractivity (Wildman–Crippen MR) is 94.7 cm³/mol. The van der Waals surface area contributed by atoms with Gasteiger partial charge in [0, 0.05) is 14.1 Å². The van der Waals surface area contributed by atoms with Crippen molar-refractivity contribution in [3.05, 3.63) is 27.6 Å². The summed E-state index contributed by atoms with van der Waals surface area (Å²) in [4.78, 5) is 28.6. The molecular formula is C16H18N2O4S2. The molecule has 2 unspecified atom stereocenters. The highest BCUT2D eigenvalue weighted by atomic mass is 32.1. The van der Waals surface area contributed by atoms with Gasteiger partial charge < -0.3 is 20.0 Å². The van der Waals surface area contributed by atoms with Crippen LogP contribution in [-0.2, 0) is 9.59 Å². The number of carboxylic acids is 1. The molecule has 6 nitrogen and oxygen atoms in total. The first-order chi connectivity index (χ1) is 11.2. The molecule has 1 fully saturated rings. The third-order valence-electron chi connectivity index (χ3n) is 4.50. The number of thiocarbonyl (C=S) groups is 1. The minimum Gasteiger partial charge on any atom is -0.477 e. The van der Waals surface area contributed by atoms with Crippen LogP contribution >= 0.6 is 23.6 Å². The lowest BCUT2D eigenvalue weighted by Gasteiger charge is -2.44. The molecule has 1 amide bonds. The van der Waals surface area contributed by atoms with Gasteiger partial charge in [0.15, 0.2) is 0 Å². The maximum atomic E-state index is 12.2. The molecule has 2 aliphatic rings. The van der Waals surface area contributed by atoms with Crippen LogP contribution in [0.4, 0.5) is 0 Å². The van der Waals surface area contributed by atoms with Crippen LogP contribution in [0.15, 0.2) is 17.1 Å². The maximum Gasteiger partial charge on any atom is 0.352 e. The first-order valence-electron chi connectivity index (χ1n) is 7.52. The molecule has 24 heavy (non-hydrogen) atoms. The quantitative estimate of drug-likeness (QED) is 0.619. The van der Waals surface area contributed by atoms with Crippen LogP contribution in [0.1, 0.15) is 23.8 Å². The molecule has 0 aromatic carbocycles. The molecule has 1 aromatic heterocycles. The van der Waals surface area contributed by atoms with Crippen molar-refractivity contribution in [2.75, 3.05) is 14.1 Å². The molecule has 2 aliphatic heterocycles. The Kier molecular flexibility index (Phi) is 4.23. The van der Waals surface area contributed by atoms with Gasteiger partial charge in [-0.15, -0.1) is 11.3 Å². The summed E-state index contributed by atoms with van der Waals surface area (Å²) in [5.41, 5.74) is 1.44. The van der Waals surface area contributed by atoms with Gasteiger partial charge in [-0.1, -0.05) is 12.2 Å². The second-order valence-electron chi connectivity index (χ2n) is 6.28. The molecule has 0 spiro atoms. The average molecular weight is 366 g/mol. The van der Waals surface area contributed by atoms with Gasteiger partial charge >= 0.3 is 5.97 Å². The number of carbonyl (C=O) groups excluding carboxylic acids is 1. The Morgan fingerprint density at radius 3 is 2.71 bits per heavy atom. The molecule has 0 radical (unpaired) electrons. The molecule has 0 saturated carbocycles. The Balaban J connectivity index is 1.97. The van der Waals surface area contributed by atoms with E-state index in [2.05, 4.69) is 0 Å². The second-order valence-corrected chi connectivity index (χ2v) is 7.58. The molecule has 3 rings (SSSR count). The number of carbonyl (C=O) groups is 2. The number of aliphatic hydroxyl groups is 1. The molecule has 0 bridgehead atoms. The van der Waals surface area contributed by atoms with Crippen LogP contribution < -0.4 is 0 Å². The van der Waals surface area contributed by atoms with Crippen LogP contribution in [0.2, 0.25) is 0 Å². The van der Waals surface area contributed by atoms with Crippen molar-refractivity contribution in [1.29, 1.82) is 0 Å². The molecule has 3 heterocycles. The van der Waals surface area contributed by atoms with Crippen molar-refractivity contribution in [3.8, 4) is 0 Å². The fraction of sp³-hybridized carbons (Fsp3) is 0.438. The monoisotopic (exact) mass is 366 g/mol. The van der Waals surface area contributed by atoms with Crippen molar-refractivity contribution in [2.45, 2.75) is 25.5 Å². The average Bonchev–Trinajstić information content (AvgIpc) is 3.07. The van der Waals surface area contributed by atoms with Crippen LogP contribution in [-0.4, -0.2) is 63.1 Å². The van der Waals surface area contributed by atoms with Crippen molar-refractivity contribution in [1.82, 2.24) is 9.80 Å². The van der Waals surface area contributed by atoms with E-state index in [1.54, 1.807) is 6.92 Å². The number of β-lactam (4-membered cyclic amide) rings is 1. The summed E-state index contributed by atoms with van der Waals surface area (Å²) in [5.74, 6) is -1.97. The summed E-state index contributed by atoms with van der Waals surface area (Å²) in [6.45, 7) is 1.57. The summed E-state index contributed by atoms with van der Waals surface area (Å²) in [7, 11) is 3.72. The van der Waals surface area contributed by atoms with Gasteiger partial charge in [0.1, 0.15) is 10.7 Å². The van der Waals surface area contributed by atoms with E-state index in [1.807, 2.05) is 30.4 Å². The van der Waals surface area contributed by atoms with Gasteiger partial charge in [0.2, 0.25) is 5.91 Å². The highest BCUT2D eigenvalue weighted by Crippen LogP contribution is 2.47. The largest absolute Gasteiger partial charge is 0.477 e. The van der Waals surface area contributed by atoms with Gasteiger partial charge in [0.05, 0.1) is 22.9 Å². The Morgan fingerprint density at radius 1 is 1.50 bits per heavy atom. The number of aliphatic carboxylic acids is 1. The Labute approximate surface area is 149 Å². The Hall–Kier alpha value is -1.77. The second kappa shape index (κ2) is 5.94. The summed E-state index contributed by atoms with van der Waals surface area (Å²) < 4.78 is 0. The minimum absolute atomic E-state index is 0.0296. The van der Waals surface area contributed by atoms with Gasteiger partial charge in [-0.05, 0) is 35.9 Å². The summed E-state index contributed by atoms with van der Waals surface area (Å²) in [6.07, 6.45) is -0.346. The van der Waals surface area contributed by atoms with E-state index in [1.165, 1.54) is 16.2 Å². The summed E-state index contributed by atoms with van der Waals surface area (Å²) >= 11 is 6.80. The topological polar surface area (TPSA) is 81.1 Å². The zero-order valence-electron chi connectivity index (χ0n) is 13.5. The predicted octanol–water partition coefficient (Wildman–Crippen LogP) is 1.39. The zero-order chi connectivity index (χ0) is 17.8. The smallest absolute Gasteiger partial charge is 0.352 e. The molecule has 128 valence electrons. The number of rotatable bonds is 4. The van der Waals surface area contributed by atoms with Gasteiger partial charge in [-0.25, -0.2) is 4.79 Å². The highest BCUT2D eigenvalue weighted by Gasteiger charge is 2.56. The third-order valence-corrected chi connectivity index (χ3v) is 6.15. The molecule has 1 saturated heterocycles. The van der Waals surface area contributed by atoms with Crippen LogP contribution in [0.3, 0.4) is 0 Å². The number of nitrogens with zero attached hydrogens (tertiary/aromatic N) is 2. The normalized spacial score (nSPS) is 23.8. The van der Waals surface area contributed by atoms with Gasteiger partial charge in [0.25, 0.3) is 0 Å². The maximum absolute atomic E-state index is 12.2. The minimum atomic E-state index is -1.12. The fourth-order valence-electron chi connectivity index (χ4n) is 3.35. The Morgan fingerprint density at radius 2 is 2.17 bits per heavy atom. The lowest BCUT2D eigenvalue weighted by molar-refractivity contribution is -0.161. The van der Waals surface area contributed by atoms with Gasteiger partial charge in [-0.3, -0.25) is 4.79 Å². The number of amides is 1. The standard InChI is InChI=1S/C16H18N2O4S2/c1-7(19)12-10-5-9(13(16(21)22)18(10)14(12)20)8-4-11(24-6-8)15(23)17(2)3/h4,6-7,10,12,19H,5H2,1-3H3,(H,21,22)/t7-,10?,12?/m1/s1. The number of aliphatic hydroxyl groups excluding tert-OH is 1. The van der Waals surface area contributed by atoms with Crippen molar-refractivity contribution in [2.24, 2.45) is 5.92 Å². The molecule has 0 aliphatic carbocycles. The van der Waals surface area contributed by atoms with Crippen LogP contribution in [0.25, 0.3) is 5.57 Å². The first kappa shape index (κ1) is 17.1. The molecular weight excluding hydrogens is 348 g/mol. The molecule has 1 aromatic rings. The van der Waals surface area contributed by atoms with E-state index in [-0.39, 0.29) is 17.6 Å². The number of hydrogen-bond acceptors (Lipinski definition) is 5. The van der Waals surface area contributed by atoms with Gasteiger partial charge in [-0.2, -0.15) is 0 Å². The van der Waals surface area contributed by atoms with E-state index in [4.69, 9.17) is 12.2 Å². The molecule has 3 atom stereocenters. The Bertz CT molecular complexity index is 766. The third kappa shape index (κ3) is 2.45. The molecule has 2 N–H and O–H groups in total. The lowest BCUT2D eigenvalue weighted by Crippen LogP contribution is -2.61. The van der Waals surface area contributed by atoms with Crippen molar-refractivity contribution < 1.29 is 19.8 Å². The summed E-state index contributed by atoms with van der Waals surface area (Å²) in [5, 5.41) is 21.2. The van der Waals surface area contributed by atoms with Crippen LogP contribution in [0.5, 0.6) is 0 Å². The van der Waals surface area contributed by atoms with E-state index in [9.17, 15) is 19.8 Å². The van der Waals surface area contributed by atoms with E-state index in [0.717, 1.165) is 10.4 Å². The zero-order valence-corrected chi connectivity index (χ0v) is 15.1. The van der Waals surface area contributed by atoms with Crippen LogP contribution in [0, 0.1) is 5.92 Å². The lowest BCUT2D eigenvalue weighted by atomic mass is 9.82. The number of fused-ring (bicyclic) bond motifs is 1. The van der Waals surface area contributed by atoms with E-state index in [0.29, 0.717) is 17.0 Å². The van der Waals surface area contributed by atoms with E-state index >= 15 is 0 Å². The number of thiophene rings is 1. The number of hydrogen-bond donors (Lipinski definition) is 2. The first-order valence-corrected chi connectivity index (χ1v) is 8.81. The molecule has 8 heteroatoms. The summed E-state index contributed by atoms with van der Waals surface area (Å²) in [6, 6.07) is 1.60. The van der Waals surface area contributed by atoms with Crippen molar-refractivity contribution >= 4 is 46.0 Å². The number of carboxylic acid groups (broad SMARTS) is 1. The highest BCUT2D eigenvalue weighted by molar-refractivity contribution is 7.81.